The molecule has 154 valence electrons. The van der Waals surface area contributed by atoms with Gasteiger partial charge >= 0.3 is 16.1 Å². The molecule has 0 amide bonds. The van der Waals surface area contributed by atoms with E-state index in [1.807, 2.05) is 11.9 Å². The molecule has 0 radical (unpaired) electrons. The summed E-state index contributed by atoms with van der Waals surface area (Å²) in [6.45, 7) is 2.37. The Labute approximate surface area is 159 Å². The summed E-state index contributed by atoms with van der Waals surface area (Å²) in [5.74, 6) is 0.401. The van der Waals surface area contributed by atoms with E-state index in [4.69, 9.17) is 8.74 Å². The van der Waals surface area contributed by atoms with Gasteiger partial charge in [0.25, 0.3) is 5.56 Å². The highest BCUT2D eigenvalue weighted by Gasteiger charge is 2.50. The Kier molecular flexibility index (Phi) is 4.56. The topological polar surface area (TPSA) is 177 Å². The second-order valence-corrected chi connectivity index (χ2v) is 8.46. The van der Waals surface area contributed by atoms with E-state index in [1.54, 1.807) is 0 Å². The number of aromatic nitrogens is 2. The Hall–Kier alpha value is -2.22. The van der Waals surface area contributed by atoms with Gasteiger partial charge in [-0.25, -0.2) is 14.0 Å². The Balaban J connectivity index is 1.62. The standard InChI is InChI=1S/C15H21N5O7S/c1-6-10-5-16-14-17-8(13(22)9-4-12(21)19-15(23)18-9)2-7(20(10)14)3-11(6)27-28(24,25)26/h4,6-8,10-11,13,22H,2-3,5H2,1H3,(H,16,17)(H,24,25,26)(H2,18,19,21,23)/t6-,7+,8-,10-,11+,13+/m1/s1. The normalized spacial score (nSPS) is 33.0. The molecule has 0 aromatic carbocycles. The van der Waals surface area contributed by atoms with Crippen molar-refractivity contribution in [1.82, 2.24) is 20.2 Å². The lowest BCUT2D eigenvalue weighted by Gasteiger charge is -2.48. The fourth-order valence-electron chi connectivity index (χ4n) is 4.42. The highest BCUT2D eigenvalue weighted by atomic mass is 32.3. The van der Waals surface area contributed by atoms with E-state index in [9.17, 15) is 23.1 Å². The Morgan fingerprint density at radius 3 is 2.75 bits per heavy atom. The molecule has 5 N–H and O–H groups in total. The average molecular weight is 415 g/mol. The van der Waals surface area contributed by atoms with Crippen LogP contribution in [0.2, 0.25) is 0 Å². The fourth-order valence-corrected chi connectivity index (χ4v) is 4.98. The zero-order valence-corrected chi connectivity index (χ0v) is 15.7. The lowest BCUT2D eigenvalue weighted by Crippen LogP contribution is -2.58. The summed E-state index contributed by atoms with van der Waals surface area (Å²) in [5, 5.41) is 13.8. The van der Waals surface area contributed by atoms with Gasteiger partial charge in [-0.1, -0.05) is 6.92 Å². The molecule has 0 bridgehead atoms. The number of H-pyrrole nitrogens is 2. The third kappa shape index (κ3) is 3.45. The van der Waals surface area contributed by atoms with Crippen LogP contribution in [-0.2, 0) is 14.6 Å². The van der Waals surface area contributed by atoms with Gasteiger partial charge in [0, 0.05) is 24.6 Å². The van der Waals surface area contributed by atoms with E-state index >= 15 is 0 Å². The van der Waals surface area contributed by atoms with Gasteiger partial charge in [0.05, 0.1) is 23.9 Å². The van der Waals surface area contributed by atoms with Gasteiger partial charge in [-0.3, -0.25) is 14.3 Å². The highest BCUT2D eigenvalue weighted by molar-refractivity contribution is 7.80. The van der Waals surface area contributed by atoms with Crippen molar-refractivity contribution >= 4 is 16.4 Å². The van der Waals surface area contributed by atoms with Crippen molar-refractivity contribution in [2.45, 2.75) is 50.1 Å². The van der Waals surface area contributed by atoms with Gasteiger partial charge in [-0.2, -0.15) is 8.42 Å². The Bertz CT molecular complexity index is 990. The molecule has 2 saturated heterocycles. The SMILES string of the molecule is C[C@H]1[C@@H](OS(=O)(=O)O)C[C@@H]2C[C@H]([C@H](O)c3cc(=O)[nH]c(=O)[nH]3)N=C3NC[C@H]1N32. The maximum Gasteiger partial charge on any atom is 0.397 e. The molecule has 6 atom stereocenters. The zero-order chi connectivity index (χ0) is 20.2. The molecule has 4 rings (SSSR count). The Morgan fingerprint density at radius 2 is 2.07 bits per heavy atom. The lowest BCUT2D eigenvalue weighted by molar-refractivity contribution is -0.000358. The molecule has 4 heterocycles. The molecule has 0 aliphatic carbocycles. The number of nitrogens with one attached hydrogen (secondary N) is 3. The predicted molar refractivity (Wildman–Crippen MR) is 96.1 cm³/mol. The molecule has 1 aromatic heterocycles. The van der Waals surface area contributed by atoms with Crippen molar-refractivity contribution in [3.05, 3.63) is 32.6 Å². The number of hydrogen-bond acceptors (Lipinski definition) is 9. The lowest BCUT2D eigenvalue weighted by atomic mass is 9.82. The molecule has 3 aliphatic rings. The summed E-state index contributed by atoms with van der Waals surface area (Å²) in [7, 11) is -4.59. The summed E-state index contributed by atoms with van der Waals surface area (Å²) in [5.41, 5.74) is -1.30. The van der Waals surface area contributed by atoms with Crippen LogP contribution in [-0.4, -0.2) is 69.7 Å². The first kappa shape index (κ1) is 19.1. The monoisotopic (exact) mass is 415 g/mol. The van der Waals surface area contributed by atoms with Gasteiger partial charge in [0.1, 0.15) is 6.10 Å². The third-order valence-corrected chi connectivity index (χ3v) is 6.16. The number of piperidine rings is 1. The van der Waals surface area contributed by atoms with E-state index in [2.05, 4.69) is 20.2 Å². The van der Waals surface area contributed by atoms with Gasteiger partial charge < -0.3 is 20.3 Å². The number of aliphatic hydroxyl groups is 1. The molecule has 0 spiro atoms. The maximum atomic E-state index is 11.5. The second kappa shape index (κ2) is 6.69. The first-order valence-electron chi connectivity index (χ1n) is 8.89. The number of guanidine groups is 1. The van der Waals surface area contributed by atoms with Crippen molar-refractivity contribution in [3.63, 3.8) is 0 Å². The van der Waals surface area contributed by atoms with Crippen LogP contribution in [0.1, 0.15) is 31.6 Å². The summed E-state index contributed by atoms with van der Waals surface area (Å²) in [4.78, 5) is 34.1. The van der Waals surface area contributed by atoms with Crippen molar-refractivity contribution in [2.75, 3.05) is 6.54 Å². The van der Waals surface area contributed by atoms with Gasteiger partial charge in [-0.15, -0.1) is 0 Å². The summed E-state index contributed by atoms with van der Waals surface area (Å²) in [6, 6.07) is 0.196. The van der Waals surface area contributed by atoms with Crippen LogP contribution in [0.5, 0.6) is 0 Å². The van der Waals surface area contributed by atoms with Crippen LogP contribution in [0.3, 0.4) is 0 Å². The second-order valence-electron chi connectivity index (χ2n) is 7.41. The van der Waals surface area contributed by atoms with Crippen molar-refractivity contribution < 1.29 is 22.3 Å². The van der Waals surface area contributed by atoms with Crippen LogP contribution in [0.15, 0.2) is 20.6 Å². The van der Waals surface area contributed by atoms with Crippen LogP contribution in [0.25, 0.3) is 0 Å². The molecule has 1 aromatic rings. The van der Waals surface area contributed by atoms with Crippen LogP contribution >= 0.6 is 0 Å². The quantitative estimate of drug-likeness (QED) is 0.351. The maximum absolute atomic E-state index is 11.5. The first-order valence-corrected chi connectivity index (χ1v) is 10.3. The molecule has 13 heteroatoms. The molecule has 12 nitrogen and oxygen atoms in total. The minimum Gasteiger partial charge on any atom is -0.385 e. The number of nitrogens with zero attached hydrogens (tertiary/aromatic N) is 2. The third-order valence-electron chi connectivity index (χ3n) is 5.67. The minimum absolute atomic E-state index is 0.0565. The van der Waals surface area contributed by atoms with E-state index in [-0.39, 0.29) is 23.7 Å². The smallest absolute Gasteiger partial charge is 0.385 e. The zero-order valence-electron chi connectivity index (χ0n) is 14.9. The van der Waals surface area contributed by atoms with Gasteiger partial charge in [0.2, 0.25) is 0 Å². The molecule has 0 saturated carbocycles. The number of rotatable bonds is 4. The van der Waals surface area contributed by atoms with Crippen molar-refractivity contribution in [2.24, 2.45) is 10.9 Å². The van der Waals surface area contributed by atoms with Crippen LogP contribution in [0, 0.1) is 5.92 Å². The number of aliphatic hydroxyl groups excluding tert-OH is 1. The molecular weight excluding hydrogens is 394 g/mol. The number of hydrogen-bond donors (Lipinski definition) is 5. The number of aliphatic imine (C=N–C) groups is 1. The van der Waals surface area contributed by atoms with E-state index < -0.39 is 39.9 Å². The summed E-state index contributed by atoms with van der Waals surface area (Å²) >= 11 is 0. The van der Waals surface area contributed by atoms with Crippen LogP contribution < -0.4 is 16.6 Å². The van der Waals surface area contributed by atoms with Crippen LogP contribution in [0.4, 0.5) is 0 Å². The van der Waals surface area contributed by atoms with Crippen molar-refractivity contribution in [3.8, 4) is 0 Å². The van der Waals surface area contributed by atoms with Gasteiger partial charge in [0.15, 0.2) is 5.96 Å². The highest BCUT2D eigenvalue weighted by Crippen LogP contribution is 2.39. The van der Waals surface area contributed by atoms with Crippen molar-refractivity contribution in [1.29, 1.82) is 0 Å². The summed E-state index contributed by atoms with van der Waals surface area (Å²) < 4.78 is 36.4. The summed E-state index contributed by atoms with van der Waals surface area (Å²) in [6.07, 6.45) is -1.26. The van der Waals surface area contributed by atoms with E-state index in [1.165, 1.54) is 0 Å². The van der Waals surface area contributed by atoms with E-state index in [0.29, 0.717) is 25.3 Å². The molecular formula is C15H21N5O7S. The molecule has 3 aliphatic heterocycles. The average Bonchev–Trinajstić information content (AvgIpc) is 3.01. The molecule has 0 unspecified atom stereocenters. The Morgan fingerprint density at radius 1 is 1.32 bits per heavy atom. The predicted octanol–water partition coefficient (Wildman–Crippen LogP) is -1.90. The van der Waals surface area contributed by atoms with E-state index in [0.717, 1.165) is 6.07 Å². The molecule has 2 fully saturated rings. The minimum atomic E-state index is -4.59. The molecule has 28 heavy (non-hydrogen) atoms. The first-order chi connectivity index (χ1) is 13.1. The number of aromatic amines is 2. The largest absolute Gasteiger partial charge is 0.397 e. The van der Waals surface area contributed by atoms with Gasteiger partial charge in [-0.05, 0) is 12.8 Å². The fraction of sp³-hybridized carbons (Fsp3) is 0.667.